The van der Waals surface area contributed by atoms with Gasteiger partial charge in [-0.05, 0) is 12.1 Å². The highest BCUT2D eigenvalue weighted by Crippen LogP contribution is 2.17. The zero-order chi connectivity index (χ0) is 10.7. The molecule has 0 aliphatic carbocycles. The standard InChI is InChI=1S/C10H9FN4/c11-7-3-1-2-4-8(7)15-10-6-13-9(12)5-14-10/h1-6H,(H2,12,13)(H,14,15). The van der Waals surface area contributed by atoms with E-state index in [9.17, 15) is 4.39 Å². The van der Waals surface area contributed by atoms with Gasteiger partial charge in [-0.2, -0.15) is 0 Å². The molecule has 15 heavy (non-hydrogen) atoms. The van der Waals surface area contributed by atoms with Crippen molar-refractivity contribution in [1.82, 2.24) is 9.97 Å². The number of nitrogens with two attached hydrogens (primary N) is 1. The first-order chi connectivity index (χ1) is 7.25. The van der Waals surface area contributed by atoms with Gasteiger partial charge in [0.15, 0.2) is 0 Å². The smallest absolute Gasteiger partial charge is 0.149 e. The fraction of sp³-hybridized carbons (Fsp3) is 0. The molecular weight excluding hydrogens is 195 g/mol. The lowest BCUT2D eigenvalue weighted by Gasteiger charge is -2.05. The minimum atomic E-state index is -0.337. The van der Waals surface area contributed by atoms with E-state index in [-0.39, 0.29) is 5.82 Å². The van der Waals surface area contributed by atoms with Crippen LogP contribution >= 0.6 is 0 Å². The summed E-state index contributed by atoms with van der Waals surface area (Å²) in [6.07, 6.45) is 2.85. The lowest BCUT2D eigenvalue weighted by Crippen LogP contribution is -1.98. The summed E-state index contributed by atoms with van der Waals surface area (Å²) in [5.41, 5.74) is 5.73. The maximum absolute atomic E-state index is 13.2. The summed E-state index contributed by atoms with van der Waals surface area (Å²) in [7, 11) is 0. The molecule has 4 nitrogen and oxygen atoms in total. The predicted molar refractivity (Wildman–Crippen MR) is 56.1 cm³/mol. The van der Waals surface area contributed by atoms with Crippen molar-refractivity contribution >= 4 is 17.3 Å². The molecule has 0 unspecified atom stereocenters. The average Bonchev–Trinajstić information content (AvgIpc) is 2.25. The first-order valence-corrected chi connectivity index (χ1v) is 4.35. The van der Waals surface area contributed by atoms with Gasteiger partial charge in [-0.3, -0.25) is 0 Å². The second-order valence-electron chi connectivity index (χ2n) is 2.93. The molecule has 2 aromatic rings. The molecule has 0 amide bonds. The van der Waals surface area contributed by atoms with Crippen LogP contribution in [0.15, 0.2) is 36.7 Å². The van der Waals surface area contributed by atoms with E-state index in [4.69, 9.17) is 5.73 Å². The molecule has 0 aliphatic rings. The third kappa shape index (κ3) is 2.19. The van der Waals surface area contributed by atoms with Crippen LogP contribution in [0.4, 0.5) is 21.7 Å². The number of hydrogen-bond acceptors (Lipinski definition) is 4. The number of nitrogens with zero attached hydrogens (tertiary/aromatic N) is 2. The molecule has 2 rings (SSSR count). The first kappa shape index (κ1) is 9.39. The fourth-order valence-electron chi connectivity index (χ4n) is 1.10. The van der Waals surface area contributed by atoms with Crippen molar-refractivity contribution < 1.29 is 4.39 Å². The van der Waals surface area contributed by atoms with Gasteiger partial charge in [0.2, 0.25) is 0 Å². The van der Waals surface area contributed by atoms with E-state index in [1.807, 2.05) is 0 Å². The van der Waals surface area contributed by atoms with E-state index in [1.54, 1.807) is 18.2 Å². The quantitative estimate of drug-likeness (QED) is 0.784. The van der Waals surface area contributed by atoms with Gasteiger partial charge in [0.25, 0.3) is 0 Å². The lowest BCUT2D eigenvalue weighted by atomic mass is 10.3. The van der Waals surface area contributed by atoms with Gasteiger partial charge in [0.05, 0.1) is 18.1 Å². The van der Waals surface area contributed by atoms with Crippen molar-refractivity contribution in [3.63, 3.8) is 0 Å². The van der Waals surface area contributed by atoms with Crippen molar-refractivity contribution in [2.75, 3.05) is 11.1 Å². The van der Waals surface area contributed by atoms with Gasteiger partial charge in [0.1, 0.15) is 17.5 Å². The molecular formula is C10H9FN4. The summed E-state index contributed by atoms with van der Waals surface area (Å²) < 4.78 is 13.2. The van der Waals surface area contributed by atoms with Crippen molar-refractivity contribution in [2.45, 2.75) is 0 Å². The van der Waals surface area contributed by atoms with E-state index >= 15 is 0 Å². The van der Waals surface area contributed by atoms with Crippen LogP contribution in [-0.2, 0) is 0 Å². The molecule has 0 saturated heterocycles. The van der Waals surface area contributed by atoms with Crippen molar-refractivity contribution in [3.8, 4) is 0 Å². The Morgan fingerprint density at radius 2 is 1.93 bits per heavy atom. The van der Waals surface area contributed by atoms with Crippen LogP contribution < -0.4 is 11.1 Å². The van der Waals surface area contributed by atoms with Crippen LogP contribution in [0.25, 0.3) is 0 Å². The summed E-state index contributed by atoms with van der Waals surface area (Å²) in [6, 6.07) is 6.34. The Labute approximate surface area is 86.0 Å². The van der Waals surface area contributed by atoms with Crippen LogP contribution in [0.1, 0.15) is 0 Å². The Balaban J connectivity index is 2.22. The zero-order valence-electron chi connectivity index (χ0n) is 7.81. The molecule has 3 N–H and O–H groups in total. The van der Waals surface area contributed by atoms with E-state index in [0.29, 0.717) is 17.3 Å². The van der Waals surface area contributed by atoms with E-state index in [1.165, 1.54) is 18.5 Å². The highest BCUT2D eigenvalue weighted by Gasteiger charge is 2.01. The minimum Gasteiger partial charge on any atom is -0.382 e. The average molecular weight is 204 g/mol. The number of halogens is 1. The molecule has 0 atom stereocenters. The molecule has 5 heteroatoms. The summed E-state index contributed by atoms with van der Waals surface area (Å²) in [6.45, 7) is 0. The topological polar surface area (TPSA) is 63.8 Å². The fourth-order valence-corrected chi connectivity index (χ4v) is 1.10. The maximum Gasteiger partial charge on any atom is 0.149 e. The van der Waals surface area contributed by atoms with Crippen LogP contribution in [0, 0.1) is 5.82 Å². The molecule has 0 aliphatic heterocycles. The summed E-state index contributed by atoms with van der Waals surface area (Å²) in [5, 5.41) is 2.80. The van der Waals surface area contributed by atoms with E-state index in [0.717, 1.165) is 0 Å². The SMILES string of the molecule is Nc1cnc(Nc2ccccc2F)cn1. The van der Waals surface area contributed by atoms with Gasteiger partial charge in [0, 0.05) is 0 Å². The van der Waals surface area contributed by atoms with Gasteiger partial charge in [-0.1, -0.05) is 12.1 Å². The van der Waals surface area contributed by atoms with Crippen LogP contribution in [0.2, 0.25) is 0 Å². The largest absolute Gasteiger partial charge is 0.382 e. The number of para-hydroxylation sites is 1. The number of rotatable bonds is 2. The number of anilines is 3. The minimum absolute atomic E-state index is 0.328. The van der Waals surface area contributed by atoms with Crippen molar-refractivity contribution in [1.29, 1.82) is 0 Å². The molecule has 1 aromatic carbocycles. The Hall–Kier alpha value is -2.17. The molecule has 76 valence electrons. The van der Waals surface area contributed by atoms with Gasteiger partial charge in [-0.25, -0.2) is 14.4 Å². The Morgan fingerprint density at radius 1 is 1.13 bits per heavy atom. The number of aromatic nitrogens is 2. The second kappa shape index (κ2) is 3.91. The molecule has 0 radical (unpaired) electrons. The molecule has 0 spiro atoms. The number of nitrogen functional groups attached to an aromatic ring is 1. The van der Waals surface area contributed by atoms with Gasteiger partial charge in [-0.15, -0.1) is 0 Å². The number of hydrogen-bond donors (Lipinski definition) is 2. The van der Waals surface area contributed by atoms with Gasteiger partial charge < -0.3 is 11.1 Å². The highest BCUT2D eigenvalue weighted by atomic mass is 19.1. The maximum atomic E-state index is 13.2. The highest BCUT2D eigenvalue weighted by molar-refractivity contribution is 5.56. The van der Waals surface area contributed by atoms with Crippen molar-refractivity contribution in [2.24, 2.45) is 0 Å². The lowest BCUT2D eigenvalue weighted by molar-refractivity contribution is 0.632. The summed E-state index contributed by atoms with van der Waals surface area (Å²) >= 11 is 0. The number of benzene rings is 1. The summed E-state index contributed by atoms with van der Waals surface area (Å²) in [4.78, 5) is 7.78. The van der Waals surface area contributed by atoms with Gasteiger partial charge >= 0.3 is 0 Å². The van der Waals surface area contributed by atoms with Crippen LogP contribution in [0.3, 0.4) is 0 Å². The van der Waals surface area contributed by atoms with Crippen LogP contribution in [-0.4, -0.2) is 9.97 Å². The second-order valence-corrected chi connectivity index (χ2v) is 2.93. The molecule has 1 aromatic heterocycles. The Morgan fingerprint density at radius 3 is 2.60 bits per heavy atom. The van der Waals surface area contributed by atoms with Crippen LogP contribution in [0.5, 0.6) is 0 Å². The van der Waals surface area contributed by atoms with Crippen molar-refractivity contribution in [3.05, 3.63) is 42.5 Å². The van der Waals surface area contributed by atoms with E-state index < -0.39 is 0 Å². The van der Waals surface area contributed by atoms with E-state index in [2.05, 4.69) is 15.3 Å². The molecule has 0 bridgehead atoms. The monoisotopic (exact) mass is 204 g/mol. The summed E-state index contributed by atoms with van der Waals surface area (Å²) in [5.74, 6) is 0.444. The molecule has 0 saturated carbocycles. The Bertz CT molecular complexity index is 455. The zero-order valence-corrected chi connectivity index (χ0v) is 7.81. The normalized spacial score (nSPS) is 9.93. The third-order valence-electron chi connectivity index (χ3n) is 1.81. The third-order valence-corrected chi connectivity index (χ3v) is 1.81. The molecule has 1 heterocycles. The predicted octanol–water partition coefficient (Wildman–Crippen LogP) is 1.94. The first-order valence-electron chi connectivity index (χ1n) is 4.35. The molecule has 0 fully saturated rings. The number of nitrogens with one attached hydrogen (secondary N) is 1. The Kier molecular flexibility index (Phi) is 2.45.